The lowest BCUT2D eigenvalue weighted by atomic mass is 9.78. The summed E-state index contributed by atoms with van der Waals surface area (Å²) in [4.78, 5) is 14.7. The topological polar surface area (TPSA) is 99.1 Å². The predicted molar refractivity (Wildman–Crippen MR) is 120 cm³/mol. The normalized spacial score (nSPS) is 19.3. The third kappa shape index (κ3) is 4.56. The first-order valence-electron chi connectivity index (χ1n) is 10.5. The average Bonchev–Trinajstić information content (AvgIpc) is 2.83. The molecule has 0 saturated carbocycles. The Morgan fingerprint density at radius 1 is 0.970 bits per heavy atom. The van der Waals surface area contributed by atoms with E-state index in [0.717, 1.165) is 5.56 Å². The number of hydrogen-bond acceptors (Lipinski definition) is 4. The average molecular weight is 451 g/mol. The highest BCUT2D eigenvalue weighted by Crippen LogP contribution is 2.46. The lowest BCUT2D eigenvalue weighted by Gasteiger charge is -2.48. The van der Waals surface area contributed by atoms with E-state index in [9.17, 15) is 18.7 Å². The Balaban J connectivity index is 1.57. The van der Waals surface area contributed by atoms with Crippen LogP contribution in [0, 0.1) is 17.6 Å². The molecule has 170 valence electrons. The van der Waals surface area contributed by atoms with Gasteiger partial charge in [0.2, 0.25) is 5.91 Å². The minimum atomic E-state index is -0.832. The van der Waals surface area contributed by atoms with Gasteiger partial charge in [-0.05, 0) is 60.4 Å². The summed E-state index contributed by atoms with van der Waals surface area (Å²) in [6.45, 7) is 0. The van der Waals surface area contributed by atoms with Crippen molar-refractivity contribution >= 4 is 17.4 Å². The number of benzene rings is 3. The molecule has 8 heteroatoms. The zero-order valence-corrected chi connectivity index (χ0v) is 17.6. The van der Waals surface area contributed by atoms with Gasteiger partial charge in [0.05, 0.1) is 18.1 Å². The number of amides is 1. The summed E-state index contributed by atoms with van der Waals surface area (Å²) < 4.78 is 26.6. The molecule has 33 heavy (non-hydrogen) atoms. The molecule has 3 unspecified atom stereocenters. The van der Waals surface area contributed by atoms with Crippen molar-refractivity contribution in [3.8, 4) is 0 Å². The van der Waals surface area contributed by atoms with Crippen molar-refractivity contribution in [2.75, 3.05) is 4.90 Å². The van der Waals surface area contributed by atoms with Gasteiger partial charge >= 0.3 is 0 Å². The highest BCUT2D eigenvalue weighted by atomic mass is 19.1. The lowest BCUT2D eigenvalue weighted by molar-refractivity contribution is -0.131. The summed E-state index contributed by atoms with van der Waals surface area (Å²) in [6.07, 6.45) is -0.110. The van der Waals surface area contributed by atoms with Crippen LogP contribution in [-0.2, 0) is 4.79 Å². The summed E-state index contributed by atoms with van der Waals surface area (Å²) in [5, 5.41) is 22.4. The fourth-order valence-electron chi connectivity index (χ4n) is 4.20. The van der Waals surface area contributed by atoms with E-state index in [2.05, 4.69) is 5.16 Å². The number of amidine groups is 1. The molecule has 1 saturated heterocycles. The molecule has 1 amide bonds. The van der Waals surface area contributed by atoms with Crippen LogP contribution in [0.15, 0.2) is 78.0 Å². The predicted octanol–water partition coefficient (Wildman–Crippen LogP) is 4.28. The number of halogens is 2. The first-order chi connectivity index (χ1) is 15.9. The molecule has 0 spiro atoms. The van der Waals surface area contributed by atoms with Crippen LogP contribution in [0.1, 0.15) is 41.7 Å². The van der Waals surface area contributed by atoms with Gasteiger partial charge < -0.3 is 20.9 Å². The van der Waals surface area contributed by atoms with E-state index in [0.29, 0.717) is 29.7 Å². The molecule has 0 aliphatic carbocycles. The van der Waals surface area contributed by atoms with E-state index in [4.69, 9.17) is 10.9 Å². The van der Waals surface area contributed by atoms with E-state index in [1.54, 1.807) is 41.3 Å². The Labute approximate surface area is 189 Å². The van der Waals surface area contributed by atoms with E-state index in [1.165, 1.54) is 36.4 Å². The summed E-state index contributed by atoms with van der Waals surface area (Å²) in [5.74, 6) is -1.34. The van der Waals surface area contributed by atoms with Gasteiger partial charge in [0.15, 0.2) is 5.84 Å². The third-order valence-electron chi connectivity index (χ3n) is 5.98. The largest absolute Gasteiger partial charge is 0.409 e. The molecule has 0 aromatic heterocycles. The Morgan fingerprint density at radius 3 is 2.12 bits per heavy atom. The van der Waals surface area contributed by atoms with E-state index in [1.807, 2.05) is 0 Å². The Kier molecular flexibility index (Phi) is 6.37. The molecule has 4 rings (SSSR count). The number of β-lactam (4-membered cyclic amide) rings is 1. The van der Waals surface area contributed by atoms with Crippen LogP contribution in [-0.4, -0.2) is 22.1 Å². The summed E-state index contributed by atoms with van der Waals surface area (Å²) in [7, 11) is 0. The van der Waals surface area contributed by atoms with Gasteiger partial charge in [0, 0.05) is 11.3 Å². The number of aliphatic hydroxyl groups excluding tert-OH is 1. The van der Waals surface area contributed by atoms with Crippen LogP contribution >= 0.6 is 0 Å². The second-order valence-corrected chi connectivity index (χ2v) is 7.99. The molecule has 1 aliphatic heterocycles. The minimum absolute atomic E-state index is 0.0272. The Morgan fingerprint density at radius 2 is 1.55 bits per heavy atom. The number of aliphatic hydroxyl groups is 1. The first kappa shape index (κ1) is 22.4. The fourth-order valence-corrected chi connectivity index (χ4v) is 4.20. The van der Waals surface area contributed by atoms with Gasteiger partial charge in [-0.3, -0.25) is 4.79 Å². The van der Waals surface area contributed by atoms with Crippen LogP contribution in [0.25, 0.3) is 0 Å². The molecule has 4 N–H and O–H groups in total. The Bertz CT molecular complexity index is 1150. The summed E-state index contributed by atoms with van der Waals surface area (Å²) in [5.41, 5.74) is 8.16. The number of rotatable bonds is 7. The monoisotopic (exact) mass is 451 g/mol. The van der Waals surface area contributed by atoms with Gasteiger partial charge in [-0.15, -0.1) is 0 Å². The standard InChI is InChI=1S/C25H23F2N3O3/c26-18-7-5-15(6-8-18)22(31)14-13-21-23(16-1-3-17(4-2-16)24(28)29-33)30(25(21)32)20-11-9-19(27)10-12-20/h1-12,21-23,31,33H,13-14H2,(H2,28,29). The maximum atomic E-state index is 13.4. The number of hydrogen-bond donors (Lipinski definition) is 3. The van der Waals surface area contributed by atoms with Gasteiger partial charge in [0.1, 0.15) is 11.6 Å². The fraction of sp³-hybridized carbons (Fsp3) is 0.200. The lowest BCUT2D eigenvalue weighted by Crippen LogP contribution is -2.55. The highest BCUT2D eigenvalue weighted by molar-refractivity contribution is 6.03. The molecule has 3 aromatic carbocycles. The molecule has 6 nitrogen and oxygen atoms in total. The van der Waals surface area contributed by atoms with Crippen molar-refractivity contribution in [3.63, 3.8) is 0 Å². The van der Waals surface area contributed by atoms with Crippen molar-refractivity contribution in [2.45, 2.75) is 25.0 Å². The van der Waals surface area contributed by atoms with Crippen LogP contribution in [0.4, 0.5) is 14.5 Å². The second-order valence-electron chi connectivity index (χ2n) is 7.99. The van der Waals surface area contributed by atoms with Crippen LogP contribution in [0.2, 0.25) is 0 Å². The SMILES string of the molecule is N/C(=N/O)c1ccc(C2C(CCC(O)c3ccc(F)cc3)C(=O)N2c2ccc(F)cc2)cc1. The maximum absolute atomic E-state index is 13.4. The molecule has 1 aliphatic rings. The third-order valence-corrected chi connectivity index (χ3v) is 5.98. The summed E-state index contributed by atoms with van der Waals surface area (Å²) in [6, 6.07) is 18.0. The van der Waals surface area contributed by atoms with E-state index in [-0.39, 0.29) is 23.6 Å². The molecule has 3 atom stereocenters. The molecule has 3 aromatic rings. The number of anilines is 1. The highest BCUT2D eigenvalue weighted by Gasteiger charge is 2.48. The van der Waals surface area contributed by atoms with E-state index >= 15 is 0 Å². The smallest absolute Gasteiger partial charge is 0.233 e. The number of oxime groups is 1. The molecular weight excluding hydrogens is 428 g/mol. The zero-order chi connectivity index (χ0) is 23.5. The second kappa shape index (κ2) is 9.38. The number of nitrogens with two attached hydrogens (primary N) is 1. The zero-order valence-electron chi connectivity index (χ0n) is 17.6. The van der Waals surface area contributed by atoms with Crippen LogP contribution in [0.3, 0.4) is 0 Å². The van der Waals surface area contributed by atoms with E-state index < -0.39 is 17.8 Å². The number of carbonyl (C=O) groups is 1. The van der Waals surface area contributed by atoms with Crippen LogP contribution in [0.5, 0.6) is 0 Å². The quantitative estimate of drug-likeness (QED) is 0.164. The van der Waals surface area contributed by atoms with Crippen molar-refractivity contribution < 1.29 is 23.9 Å². The number of carbonyl (C=O) groups excluding carboxylic acids is 1. The summed E-state index contributed by atoms with van der Waals surface area (Å²) >= 11 is 0. The maximum Gasteiger partial charge on any atom is 0.233 e. The molecule has 1 heterocycles. The number of nitrogens with zero attached hydrogens (tertiary/aromatic N) is 2. The first-order valence-corrected chi connectivity index (χ1v) is 10.5. The molecule has 0 radical (unpaired) electrons. The van der Waals surface area contributed by atoms with Gasteiger partial charge in [-0.2, -0.15) is 0 Å². The molecular formula is C25H23F2N3O3. The Hall–Kier alpha value is -3.78. The molecule has 0 bridgehead atoms. The van der Waals surface area contributed by atoms with Gasteiger partial charge in [-0.25, -0.2) is 8.78 Å². The van der Waals surface area contributed by atoms with Gasteiger partial charge in [0.25, 0.3) is 0 Å². The van der Waals surface area contributed by atoms with Crippen molar-refractivity contribution in [1.29, 1.82) is 0 Å². The van der Waals surface area contributed by atoms with Crippen molar-refractivity contribution in [1.82, 2.24) is 0 Å². The van der Waals surface area contributed by atoms with Crippen molar-refractivity contribution in [3.05, 3.63) is 101 Å². The van der Waals surface area contributed by atoms with Crippen molar-refractivity contribution in [2.24, 2.45) is 16.8 Å². The van der Waals surface area contributed by atoms with Crippen LogP contribution < -0.4 is 10.6 Å². The molecule has 1 fully saturated rings. The minimum Gasteiger partial charge on any atom is -0.409 e. The van der Waals surface area contributed by atoms with Gasteiger partial charge in [-0.1, -0.05) is 41.6 Å².